The lowest BCUT2D eigenvalue weighted by Gasteiger charge is -2.11. The maximum atomic E-state index is 4.74. The molecule has 0 spiro atoms. The van der Waals surface area contributed by atoms with E-state index in [1.54, 1.807) is 6.20 Å². The van der Waals surface area contributed by atoms with Gasteiger partial charge in [0.05, 0.1) is 17.9 Å². The Labute approximate surface area is 172 Å². The molecule has 2 N–H and O–H groups in total. The summed E-state index contributed by atoms with van der Waals surface area (Å²) in [5.41, 5.74) is 2.10. The van der Waals surface area contributed by atoms with Crippen molar-refractivity contribution in [2.45, 2.75) is 38.8 Å². The largest absolute Gasteiger partial charge is 0.356 e. The molecule has 0 aliphatic carbocycles. The van der Waals surface area contributed by atoms with Crippen LogP contribution in [-0.2, 0) is 25.9 Å². The van der Waals surface area contributed by atoms with Crippen molar-refractivity contribution in [1.82, 2.24) is 25.2 Å². The molecule has 140 valence electrons. The van der Waals surface area contributed by atoms with Crippen molar-refractivity contribution in [1.29, 1.82) is 0 Å². The zero-order valence-corrected chi connectivity index (χ0v) is 17.4. The van der Waals surface area contributed by atoms with Crippen LogP contribution in [0.3, 0.4) is 0 Å². The lowest BCUT2D eigenvalue weighted by molar-refractivity contribution is 0.522. The minimum absolute atomic E-state index is 0. The first-order valence-corrected chi connectivity index (χ1v) is 8.93. The third-order valence-corrected chi connectivity index (χ3v) is 4.17. The van der Waals surface area contributed by atoms with Gasteiger partial charge < -0.3 is 15.2 Å². The Morgan fingerprint density at radius 1 is 1.27 bits per heavy atom. The fraction of sp³-hybridized carbons (Fsp3) is 0.421. The molecule has 3 heterocycles. The smallest absolute Gasteiger partial charge is 0.191 e. The van der Waals surface area contributed by atoms with Crippen LogP contribution >= 0.6 is 24.0 Å². The van der Waals surface area contributed by atoms with E-state index in [2.05, 4.69) is 38.0 Å². The molecule has 0 amide bonds. The number of aliphatic imine (C=N–C) groups is 1. The number of nitrogens with zero attached hydrogens (tertiary/aromatic N) is 4. The van der Waals surface area contributed by atoms with E-state index >= 15 is 0 Å². The molecule has 0 saturated heterocycles. The van der Waals surface area contributed by atoms with Crippen molar-refractivity contribution in [2.24, 2.45) is 4.99 Å². The first-order chi connectivity index (χ1) is 12.3. The summed E-state index contributed by atoms with van der Waals surface area (Å²) in [6.07, 6.45) is 10.3. The van der Waals surface area contributed by atoms with Crippen molar-refractivity contribution < 1.29 is 0 Å². The summed E-state index contributed by atoms with van der Waals surface area (Å²) < 4.78 is 2.30. The standard InChI is InChI=1S/C19H26N6.HI/c1-2-10-21-19(23-14-16-7-3-5-11-20-16)22-12-9-17-15-25-13-6-4-8-18(25)24-17;/h2-3,5,7,11,15H,1,4,6,8-10,12-14H2,(H2,21,22,23);1H. The highest BCUT2D eigenvalue weighted by molar-refractivity contribution is 14.0. The molecule has 0 saturated carbocycles. The predicted molar refractivity (Wildman–Crippen MR) is 116 cm³/mol. The third-order valence-electron chi connectivity index (χ3n) is 4.17. The highest BCUT2D eigenvalue weighted by Gasteiger charge is 2.11. The van der Waals surface area contributed by atoms with E-state index in [-0.39, 0.29) is 24.0 Å². The molecule has 0 bridgehead atoms. The molecular weight excluding hydrogens is 439 g/mol. The zero-order chi connectivity index (χ0) is 17.3. The maximum absolute atomic E-state index is 4.74. The van der Waals surface area contributed by atoms with Gasteiger partial charge in [-0.1, -0.05) is 12.1 Å². The van der Waals surface area contributed by atoms with Gasteiger partial charge in [0.1, 0.15) is 5.82 Å². The van der Waals surface area contributed by atoms with Crippen LogP contribution in [0.4, 0.5) is 0 Å². The summed E-state index contributed by atoms with van der Waals surface area (Å²) in [7, 11) is 0. The van der Waals surface area contributed by atoms with Gasteiger partial charge in [-0.25, -0.2) is 9.98 Å². The van der Waals surface area contributed by atoms with Crippen LogP contribution in [0.2, 0.25) is 0 Å². The van der Waals surface area contributed by atoms with Gasteiger partial charge in [0.15, 0.2) is 5.96 Å². The Hall–Kier alpha value is -1.90. The quantitative estimate of drug-likeness (QED) is 0.285. The summed E-state index contributed by atoms with van der Waals surface area (Å²) in [6, 6.07) is 5.86. The molecule has 0 atom stereocenters. The molecule has 2 aromatic heterocycles. The second-order valence-corrected chi connectivity index (χ2v) is 6.13. The van der Waals surface area contributed by atoms with Gasteiger partial charge >= 0.3 is 0 Å². The third kappa shape index (κ3) is 6.12. The normalized spacial score (nSPS) is 13.5. The monoisotopic (exact) mass is 466 g/mol. The molecule has 0 aromatic carbocycles. The average molecular weight is 466 g/mol. The van der Waals surface area contributed by atoms with Crippen molar-refractivity contribution in [3.8, 4) is 0 Å². The first kappa shape index (κ1) is 20.4. The minimum atomic E-state index is 0. The Kier molecular flexibility index (Phi) is 8.60. The van der Waals surface area contributed by atoms with Crippen LogP contribution < -0.4 is 10.6 Å². The predicted octanol–water partition coefficient (Wildman–Crippen LogP) is 2.70. The molecule has 7 heteroatoms. The fourth-order valence-corrected chi connectivity index (χ4v) is 2.90. The second-order valence-electron chi connectivity index (χ2n) is 6.13. The summed E-state index contributed by atoms with van der Waals surface area (Å²) >= 11 is 0. The van der Waals surface area contributed by atoms with Gasteiger partial charge in [-0.15, -0.1) is 30.6 Å². The summed E-state index contributed by atoms with van der Waals surface area (Å²) in [4.78, 5) is 13.6. The number of fused-ring (bicyclic) bond motifs is 1. The lowest BCUT2D eigenvalue weighted by Crippen LogP contribution is -2.38. The van der Waals surface area contributed by atoms with Crippen LogP contribution in [0.1, 0.15) is 30.1 Å². The van der Waals surface area contributed by atoms with Crippen LogP contribution in [0.25, 0.3) is 0 Å². The van der Waals surface area contributed by atoms with E-state index in [1.165, 1.54) is 18.7 Å². The number of guanidine groups is 1. The highest BCUT2D eigenvalue weighted by atomic mass is 127. The number of hydrogen-bond acceptors (Lipinski definition) is 3. The molecule has 0 unspecified atom stereocenters. The van der Waals surface area contributed by atoms with E-state index in [9.17, 15) is 0 Å². The number of nitrogens with one attached hydrogen (secondary N) is 2. The fourth-order valence-electron chi connectivity index (χ4n) is 2.90. The van der Waals surface area contributed by atoms with Gasteiger partial charge in [-0.2, -0.15) is 0 Å². The molecule has 0 fully saturated rings. The van der Waals surface area contributed by atoms with Gasteiger partial charge in [-0.3, -0.25) is 4.98 Å². The van der Waals surface area contributed by atoms with E-state index in [0.29, 0.717) is 13.1 Å². The molecule has 1 aliphatic heterocycles. The van der Waals surface area contributed by atoms with Crippen LogP contribution in [0.5, 0.6) is 0 Å². The molecule has 2 aromatic rings. The van der Waals surface area contributed by atoms with Crippen molar-refractivity contribution >= 4 is 29.9 Å². The van der Waals surface area contributed by atoms with Gasteiger partial charge in [-0.05, 0) is 25.0 Å². The topological polar surface area (TPSA) is 67.1 Å². The second kappa shape index (κ2) is 10.9. The summed E-state index contributed by atoms with van der Waals surface area (Å²) in [5, 5.41) is 6.61. The van der Waals surface area contributed by atoms with Crippen LogP contribution in [0.15, 0.2) is 48.2 Å². The molecule has 0 radical (unpaired) electrons. The van der Waals surface area contributed by atoms with E-state index in [1.807, 2.05) is 24.3 Å². The molecule has 26 heavy (non-hydrogen) atoms. The Morgan fingerprint density at radius 3 is 2.96 bits per heavy atom. The molecule has 1 aliphatic rings. The van der Waals surface area contributed by atoms with Crippen molar-refractivity contribution in [3.05, 3.63) is 60.5 Å². The lowest BCUT2D eigenvalue weighted by atomic mass is 10.2. The Bertz CT molecular complexity index is 687. The van der Waals surface area contributed by atoms with Gasteiger partial charge in [0.25, 0.3) is 0 Å². The number of aromatic nitrogens is 3. The van der Waals surface area contributed by atoms with E-state index in [4.69, 9.17) is 4.98 Å². The Balaban J connectivity index is 0.00000243. The van der Waals surface area contributed by atoms with Crippen LogP contribution in [0, 0.1) is 0 Å². The SMILES string of the molecule is C=CCNC(=NCc1ccccn1)NCCc1cn2c(n1)CCCC2.I. The zero-order valence-electron chi connectivity index (χ0n) is 15.0. The maximum Gasteiger partial charge on any atom is 0.191 e. The number of hydrogen-bond donors (Lipinski definition) is 2. The summed E-state index contributed by atoms with van der Waals surface area (Å²) in [6.45, 7) is 6.86. The number of imidazole rings is 1. The first-order valence-electron chi connectivity index (χ1n) is 8.93. The highest BCUT2D eigenvalue weighted by Crippen LogP contribution is 2.14. The average Bonchev–Trinajstić information content (AvgIpc) is 3.07. The molecule has 6 nitrogen and oxygen atoms in total. The number of pyridine rings is 1. The van der Waals surface area contributed by atoms with Gasteiger partial charge in [0, 0.05) is 44.9 Å². The molecule has 3 rings (SSSR count). The van der Waals surface area contributed by atoms with Gasteiger partial charge in [0.2, 0.25) is 0 Å². The van der Waals surface area contributed by atoms with E-state index < -0.39 is 0 Å². The van der Waals surface area contributed by atoms with Crippen molar-refractivity contribution in [3.63, 3.8) is 0 Å². The minimum Gasteiger partial charge on any atom is -0.356 e. The van der Waals surface area contributed by atoms with E-state index in [0.717, 1.165) is 43.3 Å². The Morgan fingerprint density at radius 2 is 2.19 bits per heavy atom. The summed E-state index contributed by atoms with van der Waals surface area (Å²) in [5.74, 6) is 2.00. The van der Waals surface area contributed by atoms with Crippen LogP contribution in [-0.4, -0.2) is 33.6 Å². The number of halogens is 1. The van der Waals surface area contributed by atoms with Crippen molar-refractivity contribution in [2.75, 3.05) is 13.1 Å². The molecular formula is C19H27IN6. The number of rotatable bonds is 7. The number of aryl methyl sites for hydroxylation is 2.